The third-order valence-corrected chi connectivity index (χ3v) is 3.91. The number of nitrogens with zero attached hydrogens (tertiary/aromatic N) is 1. The van der Waals surface area contributed by atoms with E-state index >= 15 is 0 Å². The molecule has 0 saturated heterocycles. The highest BCUT2D eigenvalue weighted by molar-refractivity contribution is 8.02. The van der Waals surface area contributed by atoms with Crippen molar-refractivity contribution in [2.75, 3.05) is 18.9 Å². The smallest absolute Gasteiger partial charge is 0.236 e. The second-order valence-electron chi connectivity index (χ2n) is 5.81. The Labute approximate surface area is 125 Å². The summed E-state index contributed by atoms with van der Waals surface area (Å²) in [4.78, 5) is 13.3. The molecule has 3 nitrogen and oxygen atoms in total. The van der Waals surface area contributed by atoms with Crippen molar-refractivity contribution in [3.05, 3.63) is 41.4 Å². The lowest BCUT2D eigenvalue weighted by molar-refractivity contribution is -0.126. The third kappa shape index (κ3) is 4.04. The first-order chi connectivity index (χ1) is 9.47. The molecule has 1 aliphatic rings. The van der Waals surface area contributed by atoms with E-state index in [0.29, 0.717) is 18.9 Å². The minimum absolute atomic E-state index is 0.143. The van der Waals surface area contributed by atoms with E-state index in [4.69, 9.17) is 4.74 Å². The number of benzene rings is 1. The van der Waals surface area contributed by atoms with E-state index in [-0.39, 0.29) is 11.3 Å². The van der Waals surface area contributed by atoms with E-state index in [9.17, 15) is 4.79 Å². The second kappa shape index (κ2) is 6.35. The number of hydrogen-bond donors (Lipinski definition) is 0. The number of carbonyl (C=O) groups is 1. The van der Waals surface area contributed by atoms with Crippen LogP contribution < -0.4 is 4.74 Å². The average Bonchev–Trinajstić information content (AvgIpc) is 2.40. The number of amides is 1. The fourth-order valence-electron chi connectivity index (χ4n) is 1.91. The van der Waals surface area contributed by atoms with Crippen LogP contribution in [0.1, 0.15) is 26.3 Å². The molecule has 1 aliphatic heterocycles. The van der Waals surface area contributed by atoms with Crippen molar-refractivity contribution < 1.29 is 9.53 Å². The molecule has 2 rings (SSSR count). The standard InChI is InChI=1S/C16H21NO2S/c1-16(2,3)13-4-6-14(7-5-13)19-10-8-17-9-11-20-12-15(17)18/h4-7,9,11H,8,10,12H2,1-3H3. The topological polar surface area (TPSA) is 29.5 Å². The number of rotatable bonds is 4. The molecular formula is C16H21NO2S. The van der Waals surface area contributed by atoms with Crippen molar-refractivity contribution in [1.82, 2.24) is 4.90 Å². The maximum atomic E-state index is 11.6. The SMILES string of the molecule is CC(C)(C)c1ccc(OCCN2C=CSCC2=O)cc1. The van der Waals surface area contributed by atoms with Crippen molar-refractivity contribution in [3.63, 3.8) is 0 Å². The zero-order valence-corrected chi connectivity index (χ0v) is 13.1. The lowest BCUT2D eigenvalue weighted by Gasteiger charge is -2.21. The molecule has 4 heteroatoms. The van der Waals surface area contributed by atoms with Gasteiger partial charge in [0.15, 0.2) is 0 Å². The molecule has 0 radical (unpaired) electrons. The van der Waals surface area contributed by atoms with Crippen LogP contribution in [0.2, 0.25) is 0 Å². The van der Waals surface area contributed by atoms with E-state index in [1.54, 1.807) is 4.90 Å². The molecule has 1 aromatic carbocycles. The Morgan fingerprint density at radius 1 is 1.25 bits per heavy atom. The molecule has 0 N–H and O–H groups in total. The van der Waals surface area contributed by atoms with Crippen molar-refractivity contribution in [3.8, 4) is 5.75 Å². The molecular weight excluding hydrogens is 270 g/mol. The molecule has 0 aromatic heterocycles. The molecule has 20 heavy (non-hydrogen) atoms. The molecule has 0 atom stereocenters. The predicted octanol–water partition coefficient (Wildman–Crippen LogP) is 3.41. The highest BCUT2D eigenvalue weighted by Crippen LogP contribution is 2.24. The summed E-state index contributed by atoms with van der Waals surface area (Å²) in [6.07, 6.45) is 1.82. The Kier molecular flexibility index (Phi) is 4.76. The van der Waals surface area contributed by atoms with Crippen molar-refractivity contribution in [1.29, 1.82) is 0 Å². The van der Waals surface area contributed by atoms with Crippen molar-refractivity contribution in [2.24, 2.45) is 0 Å². The summed E-state index contributed by atoms with van der Waals surface area (Å²) in [5.74, 6) is 1.52. The molecule has 0 bridgehead atoms. The quantitative estimate of drug-likeness (QED) is 0.851. The van der Waals surface area contributed by atoms with Gasteiger partial charge in [-0.3, -0.25) is 4.79 Å². The number of carbonyl (C=O) groups excluding carboxylic acids is 1. The van der Waals surface area contributed by atoms with E-state index < -0.39 is 0 Å². The molecule has 1 aromatic rings. The van der Waals surface area contributed by atoms with Crippen LogP contribution in [0, 0.1) is 0 Å². The normalized spacial score (nSPS) is 15.6. The summed E-state index contributed by atoms with van der Waals surface area (Å²) >= 11 is 1.53. The molecule has 0 saturated carbocycles. The van der Waals surface area contributed by atoms with Gasteiger partial charge in [0, 0.05) is 6.20 Å². The van der Waals surface area contributed by atoms with E-state index in [1.165, 1.54) is 17.3 Å². The fraction of sp³-hybridized carbons (Fsp3) is 0.438. The van der Waals surface area contributed by atoms with Gasteiger partial charge in [0.25, 0.3) is 0 Å². The summed E-state index contributed by atoms with van der Waals surface area (Å²) in [6, 6.07) is 8.17. The van der Waals surface area contributed by atoms with Crippen LogP contribution in [0.15, 0.2) is 35.9 Å². The molecule has 0 aliphatic carbocycles. The van der Waals surface area contributed by atoms with Gasteiger partial charge in [0.2, 0.25) is 5.91 Å². The Hall–Kier alpha value is -1.42. The predicted molar refractivity (Wildman–Crippen MR) is 83.9 cm³/mol. The molecule has 0 spiro atoms. The van der Waals surface area contributed by atoms with Gasteiger partial charge in [0.05, 0.1) is 12.3 Å². The van der Waals surface area contributed by atoms with Crippen LogP contribution >= 0.6 is 11.8 Å². The van der Waals surface area contributed by atoms with Crippen molar-refractivity contribution in [2.45, 2.75) is 26.2 Å². The van der Waals surface area contributed by atoms with Gasteiger partial charge in [-0.05, 0) is 28.5 Å². The van der Waals surface area contributed by atoms with Gasteiger partial charge in [-0.2, -0.15) is 0 Å². The zero-order valence-electron chi connectivity index (χ0n) is 12.3. The Bertz CT molecular complexity index is 488. The number of thioether (sulfide) groups is 1. The van der Waals surface area contributed by atoms with Gasteiger partial charge in [-0.25, -0.2) is 0 Å². The van der Waals surface area contributed by atoms with Gasteiger partial charge in [-0.15, -0.1) is 11.8 Å². The molecule has 0 fully saturated rings. The first-order valence-corrected chi connectivity index (χ1v) is 7.83. The van der Waals surface area contributed by atoms with Crippen molar-refractivity contribution >= 4 is 17.7 Å². The van der Waals surface area contributed by atoms with E-state index in [2.05, 4.69) is 32.9 Å². The highest BCUT2D eigenvalue weighted by atomic mass is 32.2. The molecule has 1 amide bonds. The van der Waals surface area contributed by atoms with E-state index in [1.807, 2.05) is 23.7 Å². The second-order valence-corrected chi connectivity index (χ2v) is 6.70. The van der Waals surface area contributed by atoms with Crippen LogP contribution in [-0.4, -0.2) is 29.7 Å². The Morgan fingerprint density at radius 3 is 2.55 bits per heavy atom. The minimum atomic E-state index is 0.143. The van der Waals surface area contributed by atoms with Crippen LogP contribution in [0.3, 0.4) is 0 Å². The Morgan fingerprint density at radius 2 is 1.95 bits per heavy atom. The zero-order chi connectivity index (χ0) is 14.6. The lowest BCUT2D eigenvalue weighted by atomic mass is 9.87. The van der Waals surface area contributed by atoms with Crippen LogP contribution in [0.25, 0.3) is 0 Å². The monoisotopic (exact) mass is 291 g/mol. The fourth-order valence-corrected chi connectivity index (χ4v) is 2.55. The van der Waals surface area contributed by atoms with Gasteiger partial charge < -0.3 is 9.64 Å². The first kappa shape index (κ1) is 15.0. The number of ether oxygens (including phenoxy) is 1. The summed E-state index contributed by atoms with van der Waals surface area (Å²) < 4.78 is 5.69. The summed E-state index contributed by atoms with van der Waals surface area (Å²) in [7, 11) is 0. The summed E-state index contributed by atoms with van der Waals surface area (Å²) in [5.41, 5.74) is 1.44. The maximum Gasteiger partial charge on any atom is 0.236 e. The minimum Gasteiger partial charge on any atom is -0.492 e. The molecule has 108 valence electrons. The average molecular weight is 291 g/mol. The third-order valence-electron chi connectivity index (χ3n) is 3.19. The van der Waals surface area contributed by atoms with E-state index in [0.717, 1.165) is 5.75 Å². The van der Waals surface area contributed by atoms with Gasteiger partial charge >= 0.3 is 0 Å². The maximum absolute atomic E-state index is 11.6. The first-order valence-electron chi connectivity index (χ1n) is 6.78. The van der Waals surface area contributed by atoms with Crippen LogP contribution in [0.5, 0.6) is 5.75 Å². The Balaban J connectivity index is 1.84. The number of hydrogen-bond acceptors (Lipinski definition) is 3. The highest BCUT2D eigenvalue weighted by Gasteiger charge is 2.14. The van der Waals surface area contributed by atoms with Crippen LogP contribution in [0.4, 0.5) is 0 Å². The molecule has 1 heterocycles. The van der Waals surface area contributed by atoms with Gasteiger partial charge in [-0.1, -0.05) is 32.9 Å². The lowest BCUT2D eigenvalue weighted by Crippen LogP contribution is -2.32. The molecule has 0 unspecified atom stereocenters. The van der Waals surface area contributed by atoms with Crippen LogP contribution in [-0.2, 0) is 10.2 Å². The van der Waals surface area contributed by atoms with Gasteiger partial charge in [0.1, 0.15) is 12.4 Å². The largest absolute Gasteiger partial charge is 0.492 e. The summed E-state index contributed by atoms with van der Waals surface area (Å²) in [5, 5.41) is 1.94. The summed E-state index contributed by atoms with van der Waals surface area (Å²) in [6.45, 7) is 7.67.